The van der Waals surface area contributed by atoms with E-state index in [0.29, 0.717) is 42.7 Å². The smallest absolute Gasteiger partial charge is 0.247 e. The SMILES string of the molecule is CCOC1CC(N)(c2nc(Cc3ccc(OC)c(OC)c3)no2)C1(C)C.Cl. The van der Waals surface area contributed by atoms with Crippen molar-refractivity contribution in [3.05, 3.63) is 35.5 Å². The van der Waals surface area contributed by atoms with Gasteiger partial charge in [-0.2, -0.15) is 4.98 Å². The Morgan fingerprint density at radius 3 is 2.52 bits per heavy atom. The molecule has 2 aromatic rings. The maximum atomic E-state index is 6.60. The van der Waals surface area contributed by atoms with Crippen LogP contribution in [0, 0.1) is 5.41 Å². The zero-order valence-electron chi connectivity index (χ0n) is 16.4. The quantitative estimate of drug-likeness (QED) is 0.767. The van der Waals surface area contributed by atoms with Gasteiger partial charge >= 0.3 is 0 Å². The van der Waals surface area contributed by atoms with Gasteiger partial charge in [-0.05, 0) is 24.6 Å². The first-order valence-corrected chi connectivity index (χ1v) is 8.80. The zero-order chi connectivity index (χ0) is 18.9. The lowest BCUT2D eigenvalue weighted by molar-refractivity contribution is -0.162. The summed E-state index contributed by atoms with van der Waals surface area (Å²) in [6.45, 7) is 6.81. The van der Waals surface area contributed by atoms with Gasteiger partial charge in [0.2, 0.25) is 5.89 Å². The molecule has 27 heavy (non-hydrogen) atoms. The maximum Gasteiger partial charge on any atom is 0.247 e. The number of aromatic nitrogens is 2. The third kappa shape index (κ3) is 3.63. The van der Waals surface area contributed by atoms with Crippen molar-refractivity contribution in [1.82, 2.24) is 10.1 Å². The van der Waals surface area contributed by atoms with Crippen molar-refractivity contribution in [3.63, 3.8) is 0 Å². The molecule has 1 aliphatic carbocycles. The Bertz CT molecular complexity index is 780. The normalized spacial score (nSPS) is 23.3. The van der Waals surface area contributed by atoms with E-state index in [1.165, 1.54) is 0 Å². The average molecular weight is 398 g/mol. The Hall–Kier alpha value is -1.83. The number of halogens is 1. The van der Waals surface area contributed by atoms with Crippen LogP contribution in [0.4, 0.5) is 0 Å². The van der Waals surface area contributed by atoms with Crippen LogP contribution in [0.5, 0.6) is 11.5 Å². The summed E-state index contributed by atoms with van der Waals surface area (Å²) in [5, 5.41) is 4.12. The van der Waals surface area contributed by atoms with E-state index in [4.69, 9.17) is 24.5 Å². The van der Waals surface area contributed by atoms with Crippen molar-refractivity contribution in [2.45, 2.75) is 45.3 Å². The molecule has 1 aliphatic rings. The molecule has 1 aromatic heterocycles. The lowest BCUT2D eigenvalue weighted by atomic mass is 9.54. The molecule has 2 unspecified atom stereocenters. The summed E-state index contributed by atoms with van der Waals surface area (Å²) >= 11 is 0. The largest absolute Gasteiger partial charge is 0.493 e. The zero-order valence-corrected chi connectivity index (χ0v) is 17.3. The van der Waals surface area contributed by atoms with Gasteiger partial charge in [-0.25, -0.2) is 0 Å². The van der Waals surface area contributed by atoms with Gasteiger partial charge in [0.05, 0.1) is 20.3 Å². The molecule has 3 rings (SSSR count). The molecule has 1 heterocycles. The molecule has 1 fully saturated rings. The third-order valence-corrected chi connectivity index (χ3v) is 5.49. The van der Waals surface area contributed by atoms with Crippen LogP contribution in [-0.2, 0) is 16.7 Å². The van der Waals surface area contributed by atoms with Gasteiger partial charge in [-0.3, -0.25) is 0 Å². The summed E-state index contributed by atoms with van der Waals surface area (Å²) in [4.78, 5) is 4.56. The molecule has 2 N–H and O–H groups in total. The lowest BCUT2D eigenvalue weighted by Crippen LogP contribution is -2.67. The van der Waals surface area contributed by atoms with Crippen molar-refractivity contribution in [1.29, 1.82) is 0 Å². The number of benzene rings is 1. The van der Waals surface area contributed by atoms with Crippen LogP contribution < -0.4 is 15.2 Å². The summed E-state index contributed by atoms with van der Waals surface area (Å²) in [6, 6.07) is 5.72. The Morgan fingerprint density at radius 1 is 1.22 bits per heavy atom. The first-order chi connectivity index (χ1) is 12.4. The molecule has 150 valence electrons. The Labute approximate surface area is 166 Å². The minimum absolute atomic E-state index is 0. The number of hydrogen-bond acceptors (Lipinski definition) is 7. The first kappa shape index (κ1) is 21.5. The Balaban J connectivity index is 0.00000261. The molecule has 0 bridgehead atoms. The van der Waals surface area contributed by atoms with Crippen LogP contribution in [0.3, 0.4) is 0 Å². The summed E-state index contributed by atoms with van der Waals surface area (Å²) < 4.78 is 21.9. The van der Waals surface area contributed by atoms with E-state index < -0.39 is 5.54 Å². The molecule has 7 nitrogen and oxygen atoms in total. The van der Waals surface area contributed by atoms with Crippen LogP contribution in [0.25, 0.3) is 0 Å². The van der Waals surface area contributed by atoms with E-state index in [-0.39, 0.29) is 23.9 Å². The summed E-state index contributed by atoms with van der Waals surface area (Å²) in [5.74, 6) is 2.41. The van der Waals surface area contributed by atoms with Gasteiger partial charge in [0.25, 0.3) is 0 Å². The molecule has 1 aromatic carbocycles. The van der Waals surface area contributed by atoms with Gasteiger partial charge in [0, 0.05) is 24.9 Å². The fourth-order valence-electron chi connectivity index (χ4n) is 3.48. The standard InChI is InChI=1S/C19H27N3O4.ClH/c1-6-25-15-11-19(20,18(15,2)3)17-21-16(22-26-17)10-12-7-8-13(23-4)14(9-12)24-5;/h7-9,15H,6,10-11,20H2,1-5H3;1H. The van der Waals surface area contributed by atoms with Crippen molar-refractivity contribution in [2.75, 3.05) is 20.8 Å². The van der Waals surface area contributed by atoms with Crippen LogP contribution in [0.2, 0.25) is 0 Å². The van der Waals surface area contributed by atoms with Crippen LogP contribution >= 0.6 is 12.4 Å². The fraction of sp³-hybridized carbons (Fsp3) is 0.579. The molecular weight excluding hydrogens is 370 g/mol. The van der Waals surface area contributed by atoms with Gasteiger partial charge in [0.1, 0.15) is 5.54 Å². The highest BCUT2D eigenvalue weighted by Crippen LogP contribution is 2.55. The van der Waals surface area contributed by atoms with Crippen molar-refractivity contribution in [3.8, 4) is 11.5 Å². The highest BCUT2D eigenvalue weighted by Gasteiger charge is 2.62. The highest BCUT2D eigenvalue weighted by molar-refractivity contribution is 5.85. The second-order valence-corrected chi connectivity index (χ2v) is 7.22. The number of rotatable bonds is 7. The van der Waals surface area contributed by atoms with Crippen molar-refractivity contribution < 1.29 is 18.7 Å². The molecule has 0 amide bonds. The number of methoxy groups -OCH3 is 2. The second-order valence-electron chi connectivity index (χ2n) is 7.22. The minimum atomic E-state index is -0.671. The van der Waals surface area contributed by atoms with Crippen molar-refractivity contribution >= 4 is 12.4 Å². The Kier molecular flexibility index (Phi) is 6.39. The third-order valence-electron chi connectivity index (χ3n) is 5.49. The fourth-order valence-corrected chi connectivity index (χ4v) is 3.48. The van der Waals surface area contributed by atoms with Gasteiger partial charge in [-0.15, -0.1) is 12.4 Å². The number of hydrogen-bond donors (Lipinski definition) is 1. The number of nitrogens with zero attached hydrogens (tertiary/aromatic N) is 2. The number of nitrogens with two attached hydrogens (primary N) is 1. The molecule has 0 aliphatic heterocycles. The maximum absolute atomic E-state index is 6.60. The molecule has 0 radical (unpaired) electrons. The van der Waals surface area contributed by atoms with E-state index >= 15 is 0 Å². The summed E-state index contributed by atoms with van der Waals surface area (Å²) in [6.07, 6.45) is 1.29. The van der Waals surface area contributed by atoms with Crippen LogP contribution in [0.15, 0.2) is 22.7 Å². The van der Waals surface area contributed by atoms with Gasteiger partial charge in [0.15, 0.2) is 17.3 Å². The highest BCUT2D eigenvalue weighted by atomic mass is 35.5. The predicted octanol–water partition coefficient (Wildman–Crippen LogP) is 3.09. The first-order valence-electron chi connectivity index (χ1n) is 8.80. The molecule has 0 spiro atoms. The number of ether oxygens (including phenoxy) is 3. The molecule has 1 saturated carbocycles. The van der Waals surface area contributed by atoms with E-state index in [2.05, 4.69) is 24.0 Å². The summed E-state index contributed by atoms with van der Waals surface area (Å²) in [7, 11) is 3.22. The topological polar surface area (TPSA) is 92.6 Å². The molecule has 8 heteroatoms. The summed E-state index contributed by atoms with van der Waals surface area (Å²) in [5.41, 5.74) is 6.66. The van der Waals surface area contributed by atoms with Crippen LogP contribution in [0.1, 0.15) is 44.5 Å². The van der Waals surface area contributed by atoms with E-state index in [9.17, 15) is 0 Å². The van der Waals surface area contributed by atoms with Gasteiger partial charge in [-0.1, -0.05) is 25.1 Å². The second kappa shape index (κ2) is 8.04. The van der Waals surface area contributed by atoms with Gasteiger partial charge < -0.3 is 24.5 Å². The monoisotopic (exact) mass is 397 g/mol. The minimum Gasteiger partial charge on any atom is -0.493 e. The molecule has 0 saturated heterocycles. The van der Waals surface area contributed by atoms with E-state index in [0.717, 1.165) is 5.56 Å². The molecule has 2 atom stereocenters. The predicted molar refractivity (Wildman–Crippen MR) is 104 cm³/mol. The van der Waals surface area contributed by atoms with E-state index in [1.807, 2.05) is 25.1 Å². The Morgan fingerprint density at radius 2 is 1.93 bits per heavy atom. The lowest BCUT2D eigenvalue weighted by Gasteiger charge is -2.56. The molecular formula is C19H28ClN3O4. The van der Waals surface area contributed by atoms with Crippen molar-refractivity contribution in [2.24, 2.45) is 11.1 Å². The average Bonchev–Trinajstić information content (AvgIpc) is 3.10. The van der Waals surface area contributed by atoms with E-state index in [1.54, 1.807) is 14.2 Å². The van der Waals surface area contributed by atoms with Crippen LogP contribution in [-0.4, -0.2) is 37.1 Å².